The van der Waals surface area contributed by atoms with E-state index >= 15 is 8.78 Å². The summed E-state index contributed by atoms with van der Waals surface area (Å²) in [6.45, 7) is 7.03. The number of anilines is 1. The Morgan fingerprint density at radius 3 is 1.92 bits per heavy atom. The zero-order chi connectivity index (χ0) is 36.7. The van der Waals surface area contributed by atoms with Gasteiger partial charge >= 0.3 is 0 Å². The zero-order valence-corrected chi connectivity index (χ0v) is 30.5. The van der Waals surface area contributed by atoms with Crippen LogP contribution in [0.3, 0.4) is 0 Å². The number of imidazole rings is 2. The molecule has 8 atom stereocenters. The molecule has 18 heteroatoms. The van der Waals surface area contributed by atoms with Crippen LogP contribution in [0.4, 0.5) is 14.6 Å². The Morgan fingerprint density at radius 1 is 0.804 bits per heavy atom. The van der Waals surface area contributed by atoms with Crippen molar-refractivity contribution >= 4 is 62.9 Å². The fourth-order valence-electron chi connectivity index (χ4n) is 6.66. The molecule has 3 N–H and O–H groups in total. The predicted molar refractivity (Wildman–Crippen MR) is 188 cm³/mol. The van der Waals surface area contributed by atoms with E-state index in [1.165, 1.54) is 24.1 Å². The molecule has 0 radical (unpaired) electrons. The number of halogens is 5. The molecule has 0 spiro atoms. The van der Waals surface area contributed by atoms with Gasteiger partial charge in [-0.05, 0) is 41.6 Å². The maximum Gasteiger partial charge on any atom is 0.226 e. The fraction of sp³-hybridized carbons (Fsp3) is 0.515. The summed E-state index contributed by atoms with van der Waals surface area (Å²) in [5, 5.41) is 22.5. The van der Waals surface area contributed by atoms with Crippen molar-refractivity contribution in [2.75, 3.05) is 18.5 Å². The number of nitrogens with zero attached hydrogens (tertiary/aromatic N) is 8. The lowest BCUT2D eigenvalue weighted by Gasteiger charge is -2.29. The third-order valence-corrected chi connectivity index (χ3v) is 10.7. The van der Waals surface area contributed by atoms with Gasteiger partial charge in [-0.1, -0.05) is 69.6 Å². The molecule has 2 saturated heterocycles. The standard InChI is InChI=1S/C19H21ClFN5O3.C14H17Cl2FN4O/c1-19(9-28)12(8-27)29-17(14(19)21)26-10-23-13-15(24-18(20)25-16(13)26)22-7-11-5-3-2-4-6-11;1-4-7-14(3,5-2)9(17)12(22-7)21-6-18-8-10(15)19-13(16)20-11(8)21/h2-6,10,12,14,17,27-28H,7-9H2,1H3,(H,22,24,25);6-7,9,12H,4-5H2,1-3H3/t12-,14+,17-,19?;7-,9+,12-,14?/m11/s1. The predicted octanol–water partition coefficient (Wildman–Crippen LogP) is 6.51. The van der Waals surface area contributed by atoms with Crippen LogP contribution in [0.2, 0.25) is 15.7 Å². The zero-order valence-electron chi connectivity index (χ0n) is 28.2. The summed E-state index contributed by atoms with van der Waals surface area (Å²) in [7, 11) is 0. The second-order valence-corrected chi connectivity index (χ2v) is 14.1. The Kier molecular flexibility index (Phi) is 11.0. The van der Waals surface area contributed by atoms with Crippen LogP contribution in [0.5, 0.6) is 0 Å². The van der Waals surface area contributed by atoms with Crippen molar-refractivity contribution in [3.05, 3.63) is 64.3 Å². The Morgan fingerprint density at radius 2 is 1.37 bits per heavy atom. The summed E-state index contributed by atoms with van der Waals surface area (Å²) in [5.41, 5.74) is 0.735. The van der Waals surface area contributed by atoms with Gasteiger partial charge in [-0.15, -0.1) is 0 Å². The third kappa shape index (κ3) is 6.73. The molecule has 13 nitrogen and oxygen atoms in total. The SMILES string of the molecule is CC1(CO)[C@@H](CO)O[C@@H](n2cnc3c(NCc4ccccc4)nc(Cl)nc32)[C@@H]1F.CC[C@H]1O[C@@H](n2cnc3c(Cl)nc(Cl)nc32)[C@H](F)C1(C)CC. The number of fused-ring (bicyclic) bond motifs is 2. The highest BCUT2D eigenvalue weighted by Gasteiger charge is 2.55. The van der Waals surface area contributed by atoms with Gasteiger partial charge in [0.15, 0.2) is 52.6 Å². The largest absolute Gasteiger partial charge is 0.396 e. The Bertz CT molecular complexity index is 1990. The summed E-state index contributed by atoms with van der Waals surface area (Å²) in [4.78, 5) is 24.9. The lowest BCUT2D eigenvalue weighted by molar-refractivity contribution is -0.0524. The second kappa shape index (κ2) is 15.0. The molecule has 0 bridgehead atoms. The number of hydrogen-bond acceptors (Lipinski definition) is 11. The van der Waals surface area contributed by atoms with E-state index in [0.717, 1.165) is 12.0 Å². The fourth-order valence-corrected chi connectivity index (χ4v) is 7.24. The number of rotatable bonds is 9. The van der Waals surface area contributed by atoms with Crippen molar-refractivity contribution in [1.29, 1.82) is 0 Å². The van der Waals surface area contributed by atoms with Gasteiger partial charge in [0.2, 0.25) is 10.6 Å². The Labute approximate surface area is 307 Å². The number of ether oxygens (including phenoxy) is 2. The van der Waals surface area contributed by atoms with E-state index in [4.69, 9.17) is 44.3 Å². The number of aliphatic hydroxyl groups excluding tert-OH is 2. The highest BCUT2D eigenvalue weighted by Crippen LogP contribution is 2.49. The highest BCUT2D eigenvalue weighted by atomic mass is 35.5. The van der Waals surface area contributed by atoms with Crippen LogP contribution in [0.1, 0.15) is 58.6 Å². The van der Waals surface area contributed by atoms with Crippen molar-refractivity contribution < 1.29 is 28.5 Å². The van der Waals surface area contributed by atoms with Crippen molar-refractivity contribution in [2.45, 2.75) is 84.1 Å². The van der Waals surface area contributed by atoms with Gasteiger partial charge in [0.25, 0.3) is 0 Å². The molecule has 6 heterocycles. The third-order valence-electron chi connectivity index (χ3n) is 10.1. The lowest BCUT2D eigenvalue weighted by atomic mass is 9.78. The van der Waals surface area contributed by atoms with Crippen molar-refractivity contribution in [3.8, 4) is 0 Å². The van der Waals surface area contributed by atoms with Crippen LogP contribution in [-0.2, 0) is 16.0 Å². The van der Waals surface area contributed by atoms with Gasteiger partial charge in [0.1, 0.15) is 5.52 Å². The molecule has 2 unspecified atom stereocenters. The first-order chi connectivity index (χ1) is 24.4. The van der Waals surface area contributed by atoms with E-state index in [-0.39, 0.29) is 21.8 Å². The molecule has 51 heavy (non-hydrogen) atoms. The van der Waals surface area contributed by atoms with E-state index in [9.17, 15) is 10.2 Å². The monoisotopic (exact) mass is 767 g/mol. The van der Waals surface area contributed by atoms with Gasteiger partial charge in [0, 0.05) is 12.0 Å². The molecule has 5 aromatic rings. The number of nitrogens with one attached hydrogen (secondary N) is 1. The molecular formula is C33H38Cl3F2N9O4. The van der Waals surface area contributed by atoms with Crippen LogP contribution < -0.4 is 5.32 Å². The Balaban J connectivity index is 0.000000183. The molecule has 2 aliphatic rings. The summed E-state index contributed by atoms with van der Waals surface area (Å²) in [6.07, 6.45) is -1.38. The van der Waals surface area contributed by atoms with Gasteiger partial charge in [-0.3, -0.25) is 9.13 Å². The quantitative estimate of drug-likeness (QED) is 0.111. The van der Waals surface area contributed by atoms with Gasteiger partial charge < -0.3 is 25.0 Å². The average molecular weight is 769 g/mol. The number of alkyl halides is 2. The molecule has 7 rings (SSSR count). The highest BCUT2D eigenvalue weighted by molar-refractivity contribution is 6.35. The number of aliphatic hydroxyl groups is 2. The first-order valence-corrected chi connectivity index (χ1v) is 17.6. The summed E-state index contributed by atoms with van der Waals surface area (Å²) in [5.74, 6) is 0.416. The number of hydrogen-bond donors (Lipinski definition) is 3. The average Bonchev–Trinajstić information content (AvgIpc) is 3.87. The maximum absolute atomic E-state index is 15.2. The molecule has 274 valence electrons. The van der Waals surface area contributed by atoms with Crippen LogP contribution in [0, 0.1) is 10.8 Å². The van der Waals surface area contributed by atoms with E-state index < -0.39 is 54.9 Å². The maximum atomic E-state index is 15.2. The molecular weight excluding hydrogens is 731 g/mol. The van der Waals surface area contributed by atoms with Gasteiger partial charge in [-0.25, -0.2) is 23.7 Å². The number of benzene rings is 1. The molecule has 1 aromatic carbocycles. The lowest BCUT2D eigenvalue weighted by Crippen LogP contribution is -2.40. The first-order valence-electron chi connectivity index (χ1n) is 16.4. The van der Waals surface area contributed by atoms with Crippen LogP contribution >= 0.6 is 34.8 Å². The normalized spacial score (nSPS) is 29.1. The minimum absolute atomic E-state index is 0.00190. The summed E-state index contributed by atoms with van der Waals surface area (Å²) in [6, 6.07) is 9.73. The van der Waals surface area contributed by atoms with Crippen LogP contribution in [-0.4, -0.2) is 87.0 Å². The van der Waals surface area contributed by atoms with E-state index in [1.807, 2.05) is 51.1 Å². The topological polar surface area (TPSA) is 158 Å². The van der Waals surface area contributed by atoms with Crippen molar-refractivity contribution in [2.24, 2.45) is 10.8 Å². The Hall–Kier alpha value is -3.31. The molecule has 0 amide bonds. The molecule has 0 saturated carbocycles. The van der Waals surface area contributed by atoms with Crippen molar-refractivity contribution in [3.63, 3.8) is 0 Å². The van der Waals surface area contributed by atoms with Crippen LogP contribution in [0.25, 0.3) is 22.3 Å². The first kappa shape index (κ1) is 37.4. The smallest absolute Gasteiger partial charge is 0.226 e. The summed E-state index contributed by atoms with van der Waals surface area (Å²) < 4.78 is 44.9. The summed E-state index contributed by atoms with van der Waals surface area (Å²) >= 11 is 18.0. The van der Waals surface area contributed by atoms with Gasteiger partial charge in [-0.2, -0.15) is 15.0 Å². The van der Waals surface area contributed by atoms with Crippen LogP contribution in [0.15, 0.2) is 43.0 Å². The minimum Gasteiger partial charge on any atom is -0.396 e. The van der Waals surface area contributed by atoms with E-state index in [2.05, 4.69) is 35.2 Å². The van der Waals surface area contributed by atoms with Crippen molar-refractivity contribution in [1.82, 2.24) is 39.0 Å². The molecule has 2 fully saturated rings. The molecule has 4 aromatic heterocycles. The van der Waals surface area contributed by atoms with Gasteiger partial charge in [0.05, 0.1) is 43.5 Å². The van der Waals surface area contributed by atoms with E-state index in [1.54, 1.807) is 4.57 Å². The second-order valence-electron chi connectivity index (χ2n) is 13.1. The molecule has 0 aliphatic carbocycles. The van der Waals surface area contributed by atoms with E-state index in [0.29, 0.717) is 41.1 Å². The molecule has 2 aliphatic heterocycles. The number of aromatic nitrogens is 8. The minimum atomic E-state index is -1.59.